The summed E-state index contributed by atoms with van der Waals surface area (Å²) in [4.78, 5) is 228. The number of aliphatic hydroxyl groups excluding tert-OH is 1. The van der Waals surface area contributed by atoms with Gasteiger partial charge in [0.25, 0.3) is 5.91 Å². The molecule has 3 aliphatic heterocycles. The maximum atomic E-state index is 15.2. The molecule has 3 aromatic rings. The van der Waals surface area contributed by atoms with Crippen molar-refractivity contribution in [2.24, 2.45) is 28.7 Å². The van der Waals surface area contributed by atoms with Gasteiger partial charge in [-0.15, -0.1) is 5.10 Å². The molecule has 46 heteroatoms. The van der Waals surface area contributed by atoms with Crippen molar-refractivity contribution in [2.45, 2.75) is 181 Å². The normalized spacial score (nSPS) is 23.8. The number of rotatable bonds is 23. The number of carboxylic acid groups (broad SMARTS) is 1. The Hall–Kier alpha value is -10.9. The molecule has 28 N–H and O–H groups in total. The Morgan fingerprint density at radius 3 is 1.93 bits per heavy atom. The number of nitrogens with one attached hydrogen (secondary N) is 14. The van der Waals surface area contributed by atoms with E-state index in [9.17, 15) is 78.0 Å². The Labute approximate surface area is 655 Å². The average molecular weight is 1710 g/mol. The number of hydrogen-bond acceptors (Lipinski definition) is 25. The summed E-state index contributed by atoms with van der Waals surface area (Å²) in [6.45, 7) is -0.345. The Morgan fingerprint density at radius 2 is 1.30 bits per heavy atom. The fraction of sp³-hybridized carbons (Fsp3) is 0.523. The number of amides is 16. The molecule has 0 radical (unpaired) electrons. The lowest BCUT2D eigenvalue weighted by molar-refractivity contribution is -0.146. The summed E-state index contributed by atoms with van der Waals surface area (Å²) in [5, 5.41) is 88.1. The lowest BCUT2D eigenvalue weighted by Gasteiger charge is -2.31. The minimum Gasteiger partial charge on any atom is -0.508 e. The number of benzene rings is 2. The number of nitrogens with zero attached hydrogens (tertiary/aromatic N) is 4. The highest BCUT2D eigenvalue weighted by Gasteiger charge is 2.43. The van der Waals surface area contributed by atoms with Crippen LogP contribution in [0.4, 0.5) is 4.79 Å². The number of carbonyl (C=O) groups is 16. The van der Waals surface area contributed by atoms with E-state index in [1.807, 2.05) is 0 Å². The number of halogens is 1. The molecule has 4 heterocycles. The fourth-order valence-electron chi connectivity index (χ4n) is 11.7. The number of primary amides is 3. The van der Waals surface area contributed by atoms with Crippen molar-refractivity contribution in [3.63, 3.8) is 0 Å². The molecule has 606 valence electrons. The summed E-state index contributed by atoms with van der Waals surface area (Å²) < 4.78 is 1.51. The third-order valence-corrected chi connectivity index (χ3v) is 20.8. The summed E-state index contributed by atoms with van der Waals surface area (Å²) in [6.07, 6.45) is -5.64. The molecule has 1 fully saturated rings. The molecule has 0 spiro atoms. The minimum absolute atomic E-state index is 0.0162. The molecule has 2 aromatic carbocycles. The second kappa shape index (κ2) is 43.5. The van der Waals surface area contributed by atoms with Crippen LogP contribution in [0.2, 0.25) is 0 Å². The second-order valence-electron chi connectivity index (χ2n) is 26.1. The predicted octanol–water partition coefficient (Wildman–Crippen LogP) is -7.93. The lowest BCUT2D eigenvalue weighted by Crippen LogP contribution is -2.61. The molecule has 1 aromatic heterocycles. The van der Waals surface area contributed by atoms with Gasteiger partial charge in [0.2, 0.25) is 76.8 Å². The van der Waals surface area contributed by atoms with E-state index >= 15 is 19.2 Å². The molecule has 0 aliphatic carbocycles. The van der Waals surface area contributed by atoms with Gasteiger partial charge in [-0.25, -0.2) is 4.79 Å². The smallest absolute Gasteiger partial charge is 0.312 e. The Bertz CT molecular complexity index is 3920. The number of aliphatic hydroxyl groups is 1. The highest BCUT2D eigenvalue weighted by Crippen LogP contribution is 2.29. The largest absolute Gasteiger partial charge is 0.508 e. The summed E-state index contributed by atoms with van der Waals surface area (Å²) in [7, 11) is 0.919. The quantitative estimate of drug-likeness (QED) is 0.0138. The van der Waals surface area contributed by atoms with Gasteiger partial charge in [0.1, 0.15) is 78.0 Å². The van der Waals surface area contributed by atoms with Crippen LogP contribution in [0.1, 0.15) is 94.4 Å². The van der Waals surface area contributed by atoms with E-state index in [0.29, 0.717) is 27.2 Å². The van der Waals surface area contributed by atoms with Gasteiger partial charge in [-0.1, -0.05) is 45.0 Å². The van der Waals surface area contributed by atoms with Crippen LogP contribution in [-0.4, -0.2) is 251 Å². The van der Waals surface area contributed by atoms with Crippen molar-refractivity contribution in [2.75, 3.05) is 31.9 Å². The van der Waals surface area contributed by atoms with E-state index in [1.54, 1.807) is 22.6 Å². The SMILES string of the molecule is C[C@@H](O)[C@@H]1NC(=O)[C@H]2NC(=O)[C@@H](NC(=O)CN)Cc3cn(nn3)CCC[C@H](NC(=O)[C@H](CCCNC(=N)N)NC(=O)C3CCCN3C(=O)[C@H](CC(=O)O)NC1=O)C(=O)N[C@@H](CCCNC(N)=O)C(=O)N[C@@H](Cc1ccc(O)c(I)c1)C(=O)N[C@@H](CCC(N)=O)C(=O)N[C@H](C(=O)N[C@@H](Cc1ccc(O)cc1)C(N)=O)CSS2. The summed E-state index contributed by atoms with van der Waals surface area (Å²) in [5.74, 6) is -19.3. The number of phenolic OH excluding ortho intramolecular Hbond substituents is 2. The number of fused-ring (bicyclic) bond motifs is 8. The summed E-state index contributed by atoms with van der Waals surface area (Å²) in [5.41, 5.74) is 28.6. The number of phenols is 2. The maximum Gasteiger partial charge on any atom is 0.312 e. The van der Waals surface area contributed by atoms with Crippen molar-refractivity contribution in [1.82, 2.24) is 89.0 Å². The van der Waals surface area contributed by atoms with Crippen LogP contribution in [0.5, 0.6) is 11.5 Å². The topological polar surface area (TPSA) is 698 Å². The number of nitrogens with two attached hydrogens (primary N) is 5. The van der Waals surface area contributed by atoms with E-state index in [0.717, 1.165) is 11.8 Å². The van der Waals surface area contributed by atoms with Crippen LogP contribution >= 0.6 is 44.2 Å². The first-order chi connectivity index (χ1) is 52.6. The van der Waals surface area contributed by atoms with Gasteiger partial charge < -0.3 is 123 Å². The first kappa shape index (κ1) is 89.0. The highest BCUT2D eigenvalue weighted by molar-refractivity contribution is 14.1. The number of hydrogen-bond donors (Lipinski definition) is 23. The van der Waals surface area contributed by atoms with E-state index in [4.69, 9.17) is 34.1 Å². The Balaban J connectivity index is 1.60. The molecule has 3 aliphatic rings. The highest BCUT2D eigenvalue weighted by atomic mass is 127. The van der Waals surface area contributed by atoms with Crippen molar-refractivity contribution in [3.8, 4) is 11.5 Å². The van der Waals surface area contributed by atoms with Crippen molar-refractivity contribution in [1.29, 1.82) is 5.41 Å². The number of carbonyl (C=O) groups excluding carboxylic acids is 15. The monoisotopic (exact) mass is 1710 g/mol. The van der Waals surface area contributed by atoms with Gasteiger partial charge in [0.05, 0.1) is 28.3 Å². The van der Waals surface area contributed by atoms with Crippen molar-refractivity contribution < 1.29 is 97.1 Å². The number of aryl methyl sites for hydroxylation is 1. The number of urea groups is 1. The van der Waals surface area contributed by atoms with Crippen LogP contribution in [-0.2, 0) is 97.7 Å². The number of aromatic nitrogens is 3. The summed E-state index contributed by atoms with van der Waals surface area (Å²) >= 11 is 1.79. The predicted molar refractivity (Wildman–Crippen MR) is 402 cm³/mol. The molecule has 111 heavy (non-hydrogen) atoms. The minimum atomic E-state index is -2.16. The zero-order chi connectivity index (χ0) is 81.8. The van der Waals surface area contributed by atoms with Gasteiger partial charge in [-0.2, -0.15) is 0 Å². The van der Waals surface area contributed by atoms with Crippen LogP contribution in [0.25, 0.3) is 0 Å². The molecule has 4 bridgehead atoms. The number of guanidine groups is 1. The molecule has 43 nitrogen and oxygen atoms in total. The van der Waals surface area contributed by atoms with Crippen LogP contribution < -0.4 is 97.8 Å². The number of aliphatic carboxylic acids is 1. The summed E-state index contributed by atoms with van der Waals surface area (Å²) in [6, 6.07) is -11.2. The number of aromatic hydroxyl groups is 2. The lowest BCUT2D eigenvalue weighted by atomic mass is 10.0. The van der Waals surface area contributed by atoms with Gasteiger partial charge in [-0.3, -0.25) is 82.0 Å². The molecule has 0 saturated carbocycles. The average Bonchev–Trinajstić information content (AvgIpc) is 1.75. The van der Waals surface area contributed by atoms with E-state index < -0.39 is 223 Å². The standard InChI is InChI=1S/C65H92IN23O20S2/c1-30(90)50-60(106)82-43(26-49(95)96)63(108)89-21-5-9-45(89)59(105)79-37(6-2-18-73-64(70)71)52(98)77-38-8-4-20-88-28-33(86-87-88)25-42(75-48(94)27-67)57(103)85-62(61(107)84-50)111-110-29-44(58(104)80-40(51(69)97)23-31-10-13-34(91)14-11-31)83-55(101)39(15-17-47(68)93)78-56(102)41(24-32-12-16-46(92)35(66)22-32)81-54(100)36(76-53(38)99)7-3-19-74-65(72)109/h10-14,16,22,28,30,36-45,50,62,90-92H,2-9,15,17-21,23-27,29,67H2,1H3,(H2,68,93)(H2,69,97)(H,75,94)(H,76,99)(H,77,98)(H,78,102)(H,79,105)(H,80,104)(H,81,100)(H,82,106)(H,83,101)(H,84,107)(H,85,103)(H,95,96)(H4,70,71,73)(H3,72,74,109)/t30-,36+,37+,38+,39+,40+,41+,42+,43+,44+,45?,50+,62+/m1/s1. The van der Waals surface area contributed by atoms with Gasteiger partial charge in [0, 0.05) is 63.8 Å². The molecule has 6 rings (SSSR count). The molecular weight excluding hydrogens is 1610 g/mol. The van der Waals surface area contributed by atoms with E-state index in [-0.39, 0.29) is 110 Å². The second-order valence-corrected chi connectivity index (χ2v) is 29.8. The van der Waals surface area contributed by atoms with Crippen molar-refractivity contribution >= 4 is 145 Å². The van der Waals surface area contributed by atoms with Gasteiger partial charge >= 0.3 is 12.0 Å². The zero-order valence-corrected chi connectivity index (χ0v) is 63.7. The molecule has 16 amide bonds. The van der Waals surface area contributed by atoms with E-state index in [2.05, 4.69) is 79.4 Å². The fourth-order valence-corrected chi connectivity index (χ4v) is 14.6. The van der Waals surface area contributed by atoms with E-state index in [1.165, 1.54) is 53.3 Å². The molecule has 13 atom stereocenters. The third-order valence-electron chi connectivity index (χ3n) is 17.4. The van der Waals surface area contributed by atoms with Gasteiger partial charge in [0.15, 0.2) is 11.3 Å². The van der Waals surface area contributed by atoms with Crippen LogP contribution in [0.3, 0.4) is 0 Å². The Kier molecular flexibility index (Phi) is 34.9. The molecule has 1 saturated heterocycles. The Morgan fingerprint density at radius 1 is 0.694 bits per heavy atom. The number of carboxylic acids is 1. The first-order valence-electron chi connectivity index (χ1n) is 34.9. The van der Waals surface area contributed by atoms with Crippen molar-refractivity contribution in [3.05, 3.63) is 69.1 Å². The molecular formula is C65H92IN23O20S2. The first-order valence-corrected chi connectivity index (χ1v) is 38.4. The van der Waals surface area contributed by atoms with Crippen LogP contribution in [0, 0.1) is 8.98 Å². The zero-order valence-electron chi connectivity index (χ0n) is 60.0. The molecule has 1 unspecified atom stereocenters. The van der Waals surface area contributed by atoms with Crippen LogP contribution in [0.15, 0.2) is 48.7 Å². The van der Waals surface area contributed by atoms with Gasteiger partial charge in [-0.05, 0) is 123 Å². The third kappa shape index (κ3) is 28.8. The maximum absolute atomic E-state index is 15.2.